The molecule has 0 bridgehead atoms. The van der Waals surface area contributed by atoms with Crippen molar-refractivity contribution in [2.24, 2.45) is 5.92 Å². The van der Waals surface area contributed by atoms with E-state index in [9.17, 15) is 18.8 Å². The second-order valence-corrected chi connectivity index (χ2v) is 6.48. The zero-order valence-corrected chi connectivity index (χ0v) is 14.7. The summed E-state index contributed by atoms with van der Waals surface area (Å²) in [7, 11) is 0. The number of carboxylic acid groups (broad SMARTS) is 1. The molecule has 3 rings (SSSR count). The Morgan fingerprint density at radius 1 is 1.15 bits per heavy atom. The number of carbonyl (C=O) groups is 3. The fourth-order valence-electron chi connectivity index (χ4n) is 3.03. The molecule has 2 unspecified atom stereocenters. The lowest BCUT2D eigenvalue weighted by Crippen LogP contribution is -2.33. The molecule has 7 heteroatoms. The highest BCUT2D eigenvalue weighted by Gasteiger charge is 2.37. The number of anilines is 2. The van der Waals surface area contributed by atoms with Crippen LogP contribution in [0.1, 0.15) is 24.8 Å². The highest BCUT2D eigenvalue weighted by atomic mass is 19.1. The molecule has 2 atom stereocenters. The van der Waals surface area contributed by atoms with E-state index < -0.39 is 23.7 Å². The molecule has 6 nitrogen and oxygen atoms in total. The van der Waals surface area contributed by atoms with Crippen molar-refractivity contribution in [2.75, 3.05) is 16.8 Å². The fourth-order valence-corrected chi connectivity index (χ4v) is 3.03. The van der Waals surface area contributed by atoms with Crippen LogP contribution >= 0.6 is 0 Å². The smallest absolute Gasteiger partial charge is 0.310 e. The van der Waals surface area contributed by atoms with Crippen LogP contribution in [0.2, 0.25) is 0 Å². The van der Waals surface area contributed by atoms with Crippen molar-refractivity contribution in [1.29, 1.82) is 0 Å². The van der Waals surface area contributed by atoms with Gasteiger partial charge in [-0.25, -0.2) is 4.39 Å². The number of benzene rings is 2. The number of carboxylic acids is 1. The molecule has 0 aromatic heterocycles. The van der Waals surface area contributed by atoms with Crippen LogP contribution < -0.4 is 10.2 Å². The van der Waals surface area contributed by atoms with Gasteiger partial charge < -0.3 is 15.3 Å². The third kappa shape index (κ3) is 3.97. The minimum atomic E-state index is -0.927. The molecule has 0 saturated carbocycles. The first-order valence-corrected chi connectivity index (χ1v) is 8.57. The Morgan fingerprint density at radius 2 is 1.78 bits per heavy atom. The van der Waals surface area contributed by atoms with Gasteiger partial charge in [0.15, 0.2) is 0 Å². The van der Waals surface area contributed by atoms with Crippen LogP contribution in [0.25, 0.3) is 0 Å². The number of rotatable bonds is 5. The summed E-state index contributed by atoms with van der Waals surface area (Å²) in [6, 6.07) is 12.1. The molecule has 1 aliphatic heterocycles. The van der Waals surface area contributed by atoms with E-state index in [4.69, 9.17) is 5.11 Å². The summed E-state index contributed by atoms with van der Waals surface area (Å²) in [5.74, 6) is -3.51. The molecule has 140 valence electrons. The van der Waals surface area contributed by atoms with Gasteiger partial charge in [0.05, 0.1) is 5.92 Å². The first-order chi connectivity index (χ1) is 12.9. The van der Waals surface area contributed by atoms with Crippen molar-refractivity contribution in [3.8, 4) is 0 Å². The maximum atomic E-state index is 13.0. The largest absolute Gasteiger partial charge is 0.481 e. The first-order valence-electron chi connectivity index (χ1n) is 8.57. The van der Waals surface area contributed by atoms with Crippen molar-refractivity contribution in [3.05, 3.63) is 59.9 Å². The highest BCUT2D eigenvalue weighted by Crippen LogP contribution is 2.27. The van der Waals surface area contributed by atoms with Crippen LogP contribution in [-0.2, 0) is 14.4 Å². The highest BCUT2D eigenvalue weighted by molar-refractivity contribution is 6.13. The molecular weight excluding hydrogens is 351 g/mol. The molecule has 1 aliphatic rings. The number of hydrogen-bond donors (Lipinski definition) is 2. The van der Waals surface area contributed by atoms with E-state index in [1.807, 2.05) is 0 Å². The molecule has 0 spiro atoms. The SMILES string of the molecule is CC(C(=O)O)c1ccc(NC(=O)C2CCN(c3ccc(F)cc3)C2=O)cc1. The number of nitrogens with zero attached hydrogens (tertiary/aromatic N) is 1. The van der Waals surface area contributed by atoms with E-state index in [0.29, 0.717) is 29.9 Å². The summed E-state index contributed by atoms with van der Waals surface area (Å²) in [5, 5.41) is 11.7. The molecular formula is C20H19FN2O4. The minimum absolute atomic E-state index is 0.324. The van der Waals surface area contributed by atoms with E-state index in [0.717, 1.165) is 0 Å². The number of aliphatic carboxylic acids is 1. The lowest BCUT2D eigenvalue weighted by Gasteiger charge is -2.17. The second-order valence-electron chi connectivity index (χ2n) is 6.48. The normalized spacial score (nSPS) is 17.6. The zero-order chi connectivity index (χ0) is 19.6. The van der Waals surface area contributed by atoms with Crippen LogP contribution in [-0.4, -0.2) is 29.4 Å². The Balaban J connectivity index is 1.65. The van der Waals surface area contributed by atoms with E-state index in [1.165, 1.54) is 29.2 Å². The van der Waals surface area contributed by atoms with Gasteiger partial charge in [0.25, 0.3) is 0 Å². The lowest BCUT2D eigenvalue weighted by atomic mass is 10.0. The number of carbonyl (C=O) groups excluding carboxylic acids is 2. The van der Waals surface area contributed by atoms with Crippen molar-refractivity contribution in [2.45, 2.75) is 19.3 Å². The third-order valence-corrected chi connectivity index (χ3v) is 4.71. The molecule has 2 aromatic rings. The summed E-state index contributed by atoms with van der Waals surface area (Å²) in [6.45, 7) is 1.97. The predicted octanol–water partition coefficient (Wildman–Crippen LogP) is 3.01. The summed E-state index contributed by atoms with van der Waals surface area (Å²) < 4.78 is 13.0. The maximum absolute atomic E-state index is 13.0. The Labute approximate surface area is 155 Å². The van der Waals surface area contributed by atoms with Crippen LogP contribution in [0.5, 0.6) is 0 Å². The molecule has 0 aliphatic carbocycles. The van der Waals surface area contributed by atoms with E-state index in [1.54, 1.807) is 31.2 Å². The molecule has 1 saturated heterocycles. The van der Waals surface area contributed by atoms with Gasteiger partial charge in [0.1, 0.15) is 11.7 Å². The van der Waals surface area contributed by atoms with E-state index >= 15 is 0 Å². The topological polar surface area (TPSA) is 86.7 Å². The van der Waals surface area contributed by atoms with Gasteiger partial charge >= 0.3 is 5.97 Å². The Morgan fingerprint density at radius 3 is 2.37 bits per heavy atom. The average Bonchev–Trinajstić information content (AvgIpc) is 3.04. The lowest BCUT2D eigenvalue weighted by molar-refractivity contribution is -0.138. The number of hydrogen-bond acceptors (Lipinski definition) is 3. The zero-order valence-electron chi connectivity index (χ0n) is 14.7. The van der Waals surface area contributed by atoms with Crippen LogP contribution in [0.3, 0.4) is 0 Å². The summed E-state index contributed by atoms with van der Waals surface area (Å²) in [5.41, 5.74) is 1.68. The van der Waals surface area contributed by atoms with Gasteiger partial charge in [-0.05, 0) is 55.3 Å². The number of amides is 2. The van der Waals surface area contributed by atoms with Crippen molar-refractivity contribution < 1.29 is 23.9 Å². The van der Waals surface area contributed by atoms with Crippen molar-refractivity contribution >= 4 is 29.2 Å². The predicted molar refractivity (Wildman–Crippen MR) is 98.0 cm³/mol. The van der Waals surface area contributed by atoms with Crippen LogP contribution in [0, 0.1) is 11.7 Å². The molecule has 0 radical (unpaired) electrons. The van der Waals surface area contributed by atoms with Crippen molar-refractivity contribution in [1.82, 2.24) is 0 Å². The van der Waals surface area contributed by atoms with Crippen LogP contribution in [0.4, 0.5) is 15.8 Å². The minimum Gasteiger partial charge on any atom is -0.481 e. The molecule has 2 N–H and O–H groups in total. The van der Waals surface area contributed by atoms with E-state index in [2.05, 4.69) is 5.32 Å². The summed E-state index contributed by atoms with van der Waals surface area (Å²) in [4.78, 5) is 37.5. The van der Waals surface area contributed by atoms with Crippen molar-refractivity contribution in [3.63, 3.8) is 0 Å². The van der Waals surface area contributed by atoms with Crippen LogP contribution in [0.15, 0.2) is 48.5 Å². The van der Waals surface area contributed by atoms with Gasteiger partial charge in [0, 0.05) is 17.9 Å². The Kier molecular flexibility index (Phi) is 5.21. The van der Waals surface area contributed by atoms with Gasteiger partial charge in [-0.15, -0.1) is 0 Å². The Hall–Kier alpha value is -3.22. The summed E-state index contributed by atoms with van der Waals surface area (Å²) >= 11 is 0. The Bertz CT molecular complexity index is 865. The molecule has 1 heterocycles. The average molecular weight is 370 g/mol. The summed E-state index contributed by atoms with van der Waals surface area (Å²) in [6.07, 6.45) is 0.371. The molecule has 2 amide bonds. The standard InChI is InChI=1S/C20H19FN2O4/c1-12(20(26)27)13-2-6-15(7-3-13)22-18(24)17-10-11-23(19(17)25)16-8-4-14(21)5-9-16/h2-9,12,17H,10-11H2,1H3,(H,22,24)(H,26,27). The number of halogens is 1. The first kappa shape index (κ1) is 18.6. The quantitative estimate of drug-likeness (QED) is 0.792. The second kappa shape index (κ2) is 7.57. The fraction of sp³-hybridized carbons (Fsp3) is 0.250. The van der Waals surface area contributed by atoms with Gasteiger partial charge in [-0.3, -0.25) is 14.4 Å². The molecule has 1 fully saturated rings. The monoisotopic (exact) mass is 370 g/mol. The maximum Gasteiger partial charge on any atom is 0.310 e. The van der Waals surface area contributed by atoms with Gasteiger partial charge in [0.2, 0.25) is 11.8 Å². The number of nitrogens with one attached hydrogen (secondary N) is 1. The van der Waals surface area contributed by atoms with E-state index in [-0.39, 0.29) is 11.7 Å². The third-order valence-electron chi connectivity index (χ3n) is 4.71. The van der Waals surface area contributed by atoms with Gasteiger partial charge in [-0.2, -0.15) is 0 Å². The molecule has 27 heavy (non-hydrogen) atoms. The van der Waals surface area contributed by atoms with Gasteiger partial charge in [-0.1, -0.05) is 12.1 Å². The molecule has 2 aromatic carbocycles.